The van der Waals surface area contributed by atoms with Gasteiger partial charge in [-0.3, -0.25) is 5.41 Å². The Hall–Kier alpha value is -1.69. The highest BCUT2D eigenvalue weighted by Crippen LogP contribution is 2.25. The molecule has 0 radical (unpaired) electrons. The highest BCUT2D eigenvalue weighted by atomic mass is 16.3. The lowest BCUT2D eigenvalue weighted by atomic mass is 10.0. The maximum Gasteiger partial charge on any atom is 0.162 e. The van der Waals surface area contributed by atoms with Gasteiger partial charge in [-0.1, -0.05) is 13.8 Å². The number of rotatable bonds is 7. The Kier molecular flexibility index (Phi) is 5.88. The average Bonchev–Trinajstić information content (AvgIpc) is 2.41. The second-order valence-electron chi connectivity index (χ2n) is 4.91. The van der Waals surface area contributed by atoms with E-state index in [1.54, 1.807) is 0 Å². The molecule has 0 spiro atoms. The second kappa shape index (κ2) is 7.19. The topological polar surface area (TPSA) is 99.1 Å². The van der Waals surface area contributed by atoms with Gasteiger partial charge in [-0.05, 0) is 32.3 Å². The number of nitrogens with zero attached hydrogens (tertiary/aromatic N) is 3. The smallest absolute Gasteiger partial charge is 0.162 e. The van der Waals surface area contributed by atoms with Crippen molar-refractivity contribution in [2.75, 3.05) is 18.1 Å². The number of aromatic nitrogens is 2. The lowest BCUT2D eigenvalue weighted by Crippen LogP contribution is -2.39. The van der Waals surface area contributed by atoms with Crippen molar-refractivity contribution in [2.24, 2.45) is 5.73 Å². The maximum absolute atomic E-state index is 9.32. The summed E-state index contributed by atoms with van der Waals surface area (Å²) in [6.45, 7) is 8.44. The lowest BCUT2D eigenvalue weighted by molar-refractivity contribution is 0.295. The van der Waals surface area contributed by atoms with Crippen molar-refractivity contribution in [1.82, 2.24) is 10.2 Å². The van der Waals surface area contributed by atoms with Gasteiger partial charge in [0.1, 0.15) is 5.84 Å². The Morgan fingerprint density at radius 2 is 1.90 bits per heavy atom. The second-order valence-corrected chi connectivity index (χ2v) is 4.91. The Bertz CT molecular complexity index is 471. The van der Waals surface area contributed by atoms with E-state index in [0.717, 1.165) is 24.1 Å². The number of amidine groups is 1. The van der Waals surface area contributed by atoms with E-state index in [-0.39, 0.29) is 18.5 Å². The van der Waals surface area contributed by atoms with E-state index in [0.29, 0.717) is 17.9 Å². The normalized spacial score (nSPS) is 10.9. The summed E-state index contributed by atoms with van der Waals surface area (Å²) in [5.74, 6) is 0.591. The van der Waals surface area contributed by atoms with E-state index in [9.17, 15) is 5.11 Å². The molecule has 1 heterocycles. The van der Waals surface area contributed by atoms with Crippen molar-refractivity contribution in [3.63, 3.8) is 0 Å². The standard InChI is InChI=1S/C14H25N5O/c1-5-11(6-2)19(7-8-20)14-12(13(15)16)9(3)10(4)17-18-14/h11,20H,5-8H2,1-4H3,(H3,15,16). The fourth-order valence-corrected chi connectivity index (χ4v) is 2.42. The summed E-state index contributed by atoms with van der Waals surface area (Å²) in [5.41, 5.74) is 7.99. The number of nitrogens with two attached hydrogens (primary N) is 1. The number of aliphatic hydroxyl groups excluding tert-OH is 1. The summed E-state index contributed by atoms with van der Waals surface area (Å²) in [7, 11) is 0. The van der Waals surface area contributed by atoms with Crippen LogP contribution in [0, 0.1) is 19.3 Å². The zero-order chi connectivity index (χ0) is 15.3. The highest BCUT2D eigenvalue weighted by Gasteiger charge is 2.23. The van der Waals surface area contributed by atoms with Crippen LogP contribution in [0.5, 0.6) is 0 Å². The summed E-state index contributed by atoms with van der Waals surface area (Å²) in [6, 6.07) is 0.247. The van der Waals surface area contributed by atoms with Gasteiger partial charge in [-0.25, -0.2) is 0 Å². The van der Waals surface area contributed by atoms with Gasteiger partial charge >= 0.3 is 0 Å². The van der Waals surface area contributed by atoms with E-state index in [1.807, 2.05) is 18.7 Å². The van der Waals surface area contributed by atoms with Crippen molar-refractivity contribution < 1.29 is 5.11 Å². The minimum absolute atomic E-state index is 0.00982. The van der Waals surface area contributed by atoms with E-state index in [2.05, 4.69) is 24.0 Å². The van der Waals surface area contributed by atoms with Crippen LogP contribution in [0.2, 0.25) is 0 Å². The molecular weight excluding hydrogens is 254 g/mol. The van der Waals surface area contributed by atoms with Gasteiger partial charge in [0.2, 0.25) is 0 Å². The monoisotopic (exact) mass is 279 g/mol. The lowest BCUT2D eigenvalue weighted by Gasteiger charge is -2.32. The number of anilines is 1. The van der Waals surface area contributed by atoms with Crippen LogP contribution in [0.4, 0.5) is 5.82 Å². The minimum atomic E-state index is -0.00982. The quantitative estimate of drug-likeness (QED) is 0.517. The first-order valence-corrected chi connectivity index (χ1v) is 7.03. The van der Waals surface area contributed by atoms with Crippen LogP contribution in [0.15, 0.2) is 0 Å². The fraction of sp³-hybridized carbons (Fsp3) is 0.643. The van der Waals surface area contributed by atoms with Crippen molar-refractivity contribution >= 4 is 11.7 Å². The van der Waals surface area contributed by atoms with E-state index >= 15 is 0 Å². The molecule has 1 rings (SSSR count). The molecule has 0 saturated carbocycles. The zero-order valence-corrected chi connectivity index (χ0v) is 12.8. The molecule has 0 aliphatic heterocycles. The Morgan fingerprint density at radius 3 is 2.35 bits per heavy atom. The van der Waals surface area contributed by atoms with Gasteiger partial charge in [-0.2, -0.15) is 5.10 Å². The number of aryl methyl sites for hydroxylation is 1. The molecule has 1 aromatic heterocycles. The third kappa shape index (κ3) is 3.25. The first-order chi connectivity index (χ1) is 9.47. The molecular formula is C14H25N5O. The number of hydrogen-bond acceptors (Lipinski definition) is 5. The molecule has 0 saturated heterocycles. The Balaban J connectivity index is 3.39. The van der Waals surface area contributed by atoms with Gasteiger partial charge in [0.25, 0.3) is 0 Å². The first-order valence-electron chi connectivity index (χ1n) is 7.03. The van der Waals surface area contributed by atoms with Crippen LogP contribution < -0.4 is 10.6 Å². The van der Waals surface area contributed by atoms with Crippen molar-refractivity contribution in [2.45, 2.75) is 46.6 Å². The molecule has 0 atom stereocenters. The summed E-state index contributed by atoms with van der Waals surface area (Å²) in [4.78, 5) is 2.01. The van der Waals surface area contributed by atoms with Gasteiger partial charge < -0.3 is 15.7 Å². The third-order valence-corrected chi connectivity index (χ3v) is 3.70. The summed E-state index contributed by atoms with van der Waals surface area (Å²) in [5, 5.41) is 25.5. The molecule has 112 valence electrons. The van der Waals surface area contributed by atoms with E-state index < -0.39 is 0 Å². The maximum atomic E-state index is 9.32. The van der Waals surface area contributed by atoms with E-state index in [4.69, 9.17) is 11.1 Å². The summed E-state index contributed by atoms with van der Waals surface area (Å²) >= 11 is 0. The van der Waals surface area contributed by atoms with Gasteiger partial charge in [0.15, 0.2) is 5.82 Å². The predicted molar refractivity (Wildman–Crippen MR) is 81.3 cm³/mol. The molecule has 0 unspecified atom stereocenters. The van der Waals surface area contributed by atoms with Gasteiger partial charge in [-0.15, -0.1) is 5.10 Å². The average molecular weight is 279 g/mol. The molecule has 0 aliphatic rings. The molecule has 0 aromatic carbocycles. The van der Waals surface area contributed by atoms with E-state index in [1.165, 1.54) is 0 Å². The van der Waals surface area contributed by atoms with Crippen molar-refractivity contribution in [1.29, 1.82) is 5.41 Å². The molecule has 20 heavy (non-hydrogen) atoms. The van der Waals surface area contributed by atoms with Gasteiger partial charge in [0.05, 0.1) is 17.9 Å². The molecule has 0 aliphatic carbocycles. The molecule has 0 amide bonds. The fourth-order valence-electron chi connectivity index (χ4n) is 2.42. The van der Waals surface area contributed by atoms with Crippen LogP contribution in [0.3, 0.4) is 0 Å². The van der Waals surface area contributed by atoms with Crippen LogP contribution in [0.1, 0.15) is 43.5 Å². The first kappa shape index (κ1) is 16.4. The van der Waals surface area contributed by atoms with Crippen LogP contribution >= 0.6 is 0 Å². The van der Waals surface area contributed by atoms with Crippen LogP contribution in [0.25, 0.3) is 0 Å². The summed E-state index contributed by atoms with van der Waals surface area (Å²) < 4.78 is 0. The largest absolute Gasteiger partial charge is 0.395 e. The minimum Gasteiger partial charge on any atom is -0.395 e. The predicted octanol–water partition coefficient (Wildman–Crippen LogP) is 1.36. The number of nitrogens with one attached hydrogen (secondary N) is 1. The number of hydrogen-bond donors (Lipinski definition) is 3. The SMILES string of the molecule is CCC(CC)N(CCO)c1nnc(C)c(C)c1C(=N)N. The molecule has 4 N–H and O–H groups in total. The Morgan fingerprint density at radius 1 is 1.30 bits per heavy atom. The molecule has 0 bridgehead atoms. The number of nitrogen functional groups attached to an aromatic ring is 1. The molecule has 0 fully saturated rings. The third-order valence-electron chi connectivity index (χ3n) is 3.70. The van der Waals surface area contributed by atoms with Gasteiger partial charge in [0, 0.05) is 12.6 Å². The van der Waals surface area contributed by atoms with Crippen LogP contribution in [-0.4, -0.2) is 40.3 Å². The molecule has 6 nitrogen and oxygen atoms in total. The number of aliphatic hydroxyl groups is 1. The van der Waals surface area contributed by atoms with Crippen molar-refractivity contribution in [3.05, 3.63) is 16.8 Å². The molecule has 6 heteroatoms. The Labute approximate surface area is 120 Å². The van der Waals surface area contributed by atoms with Crippen molar-refractivity contribution in [3.8, 4) is 0 Å². The molecule has 1 aromatic rings. The zero-order valence-electron chi connectivity index (χ0n) is 12.8. The van der Waals surface area contributed by atoms with Crippen LogP contribution in [-0.2, 0) is 0 Å². The summed E-state index contributed by atoms with van der Waals surface area (Å²) in [6.07, 6.45) is 1.87. The highest BCUT2D eigenvalue weighted by molar-refractivity contribution is 6.01.